The van der Waals surface area contributed by atoms with Gasteiger partial charge in [-0.2, -0.15) is 0 Å². The molecule has 1 rings (SSSR count). The molecule has 0 saturated carbocycles. The van der Waals surface area contributed by atoms with Crippen molar-refractivity contribution in [3.05, 3.63) is 23.8 Å². The molecule has 86 valence electrons. The van der Waals surface area contributed by atoms with Crippen LogP contribution in [0.15, 0.2) is 18.2 Å². The number of nitrogen functional groups attached to an aromatic ring is 1. The highest BCUT2D eigenvalue weighted by Crippen LogP contribution is 2.21. The highest BCUT2D eigenvalue weighted by molar-refractivity contribution is 6.02. The third-order valence-electron chi connectivity index (χ3n) is 2.13. The van der Waals surface area contributed by atoms with Gasteiger partial charge in [0.2, 0.25) is 0 Å². The molecule has 0 radical (unpaired) electrons. The quantitative estimate of drug-likeness (QED) is 0.580. The lowest BCUT2D eigenvalue weighted by atomic mass is 10.0. The van der Waals surface area contributed by atoms with Crippen LogP contribution >= 0.6 is 0 Å². The van der Waals surface area contributed by atoms with E-state index in [1.165, 1.54) is 13.2 Å². The molecule has 0 saturated heterocycles. The topological polar surface area (TPSA) is 89.6 Å². The van der Waals surface area contributed by atoms with Crippen molar-refractivity contribution >= 4 is 17.4 Å². The molecule has 0 bridgehead atoms. The lowest BCUT2D eigenvalue weighted by molar-refractivity contribution is -0.136. The van der Waals surface area contributed by atoms with Crippen LogP contribution in [0.25, 0.3) is 0 Å². The fourth-order valence-corrected chi connectivity index (χ4v) is 1.26. The monoisotopic (exact) mass is 223 g/mol. The highest BCUT2D eigenvalue weighted by atomic mass is 16.5. The van der Waals surface area contributed by atoms with Crippen LogP contribution in [0.4, 0.5) is 5.69 Å². The number of hydrogen-bond acceptors (Lipinski definition) is 4. The first-order valence-electron chi connectivity index (χ1n) is 4.73. The molecule has 0 fully saturated rings. The lowest BCUT2D eigenvalue weighted by Gasteiger charge is -2.06. The Kier molecular flexibility index (Phi) is 3.88. The molecule has 0 aromatic heterocycles. The van der Waals surface area contributed by atoms with Crippen LogP contribution < -0.4 is 10.5 Å². The number of carboxylic acid groups (broad SMARTS) is 1. The lowest BCUT2D eigenvalue weighted by Crippen LogP contribution is -2.07. The van der Waals surface area contributed by atoms with Gasteiger partial charge in [-0.1, -0.05) is 0 Å². The smallest absolute Gasteiger partial charge is 0.303 e. The van der Waals surface area contributed by atoms with Gasteiger partial charge in [0.25, 0.3) is 0 Å². The summed E-state index contributed by atoms with van der Waals surface area (Å²) in [7, 11) is 1.48. The van der Waals surface area contributed by atoms with Gasteiger partial charge in [-0.3, -0.25) is 9.59 Å². The molecule has 5 nitrogen and oxygen atoms in total. The minimum atomic E-state index is -1.00. The van der Waals surface area contributed by atoms with Crippen LogP contribution in [0.3, 0.4) is 0 Å². The molecule has 0 atom stereocenters. The molecular weight excluding hydrogens is 210 g/mol. The summed E-state index contributed by atoms with van der Waals surface area (Å²) >= 11 is 0. The van der Waals surface area contributed by atoms with Crippen molar-refractivity contribution in [2.24, 2.45) is 0 Å². The predicted molar refractivity (Wildman–Crippen MR) is 58.6 cm³/mol. The number of ether oxygens (including phenoxy) is 1. The van der Waals surface area contributed by atoms with Gasteiger partial charge >= 0.3 is 5.97 Å². The second kappa shape index (κ2) is 5.16. The van der Waals surface area contributed by atoms with Crippen LogP contribution in [-0.4, -0.2) is 24.0 Å². The minimum Gasteiger partial charge on any atom is -0.497 e. The molecule has 0 amide bonds. The second-order valence-corrected chi connectivity index (χ2v) is 3.27. The molecular formula is C11H13NO4. The summed E-state index contributed by atoms with van der Waals surface area (Å²) in [4.78, 5) is 22.0. The van der Waals surface area contributed by atoms with Crippen molar-refractivity contribution < 1.29 is 19.4 Å². The third-order valence-corrected chi connectivity index (χ3v) is 2.13. The summed E-state index contributed by atoms with van der Waals surface area (Å²) in [6.07, 6.45) is -0.262. The van der Waals surface area contributed by atoms with E-state index in [1.807, 2.05) is 0 Å². The normalized spacial score (nSPS) is 9.81. The molecule has 5 heteroatoms. The number of hydrogen-bond donors (Lipinski definition) is 2. The van der Waals surface area contributed by atoms with Crippen molar-refractivity contribution in [2.45, 2.75) is 12.8 Å². The number of Topliss-reactive ketones (excluding diaryl/α,β-unsaturated/α-hetero) is 1. The maximum absolute atomic E-state index is 11.6. The van der Waals surface area contributed by atoms with Gasteiger partial charge in [0.15, 0.2) is 5.78 Å². The van der Waals surface area contributed by atoms with Crippen molar-refractivity contribution in [3.8, 4) is 5.75 Å². The Bertz CT molecular complexity index is 414. The SMILES string of the molecule is COc1ccc(N)c(C(=O)CCC(=O)O)c1. The molecule has 0 aliphatic rings. The molecule has 16 heavy (non-hydrogen) atoms. The summed E-state index contributed by atoms with van der Waals surface area (Å²) in [5.74, 6) is -0.776. The molecule has 0 unspecified atom stereocenters. The van der Waals surface area contributed by atoms with E-state index in [0.717, 1.165) is 0 Å². The molecule has 1 aromatic rings. The van der Waals surface area contributed by atoms with Gasteiger partial charge in [0.1, 0.15) is 5.75 Å². The Morgan fingerprint density at radius 1 is 1.38 bits per heavy atom. The molecule has 0 heterocycles. The maximum Gasteiger partial charge on any atom is 0.303 e. The van der Waals surface area contributed by atoms with Crippen LogP contribution in [0, 0.1) is 0 Å². The number of carboxylic acids is 1. The largest absolute Gasteiger partial charge is 0.497 e. The molecule has 0 aliphatic carbocycles. The predicted octanol–water partition coefficient (Wildman–Crippen LogP) is 1.32. The number of nitrogens with two attached hydrogens (primary N) is 1. The highest BCUT2D eigenvalue weighted by Gasteiger charge is 2.12. The summed E-state index contributed by atoms with van der Waals surface area (Å²) in [6.45, 7) is 0. The van der Waals surface area contributed by atoms with E-state index in [-0.39, 0.29) is 18.6 Å². The van der Waals surface area contributed by atoms with Crippen LogP contribution in [0.1, 0.15) is 23.2 Å². The summed E-state index contributed by atoms with van der Waals surface area (Å²) in [5.41, 5.74) is 6.26. The number of ketones is 1. The summed E-state index contributed by atoms with van der Waals surface area (Å²) in [6, 6.07) is 4.72. The minimum absolute atomic E-state index is 0.0628. The number of benzene rings is 1. The van der Waals surface area contributed by atoms with E-state index >= 15 is 0 Å². The fraction of sp³-hybridized carbons (Fsp3) is 0.273. The number of carbonyl (C=O) groups excluding carboxylic acids is 1. The van der Waals surface area contributed by atoms with E-state index in [1.54, 1.807) is 12.1 Å². The number of anilines is 1. The Morgan fingerprint density at radius 2 is 2.06 bits per heavy atom. The van der Waals surface area contributed by atoms with E-state index in [2.05, 4.69) is 0 Å². The van der Waals surface area contributed by atoms with Gasteiger partial charge in [0.05, 0.1) is 13.5 Å². The Labute approximate surface area is 92.8 Å². The van der Waals surface area contributed by atoms with Gasteiger partial charge in [-0.05, 0) is 18.2 Å². The number of methoxy groups -OCH3 is 1. The fourth-order valence-electron chi connectivity index (χ4n) is 1.26. The van der Waals surface area contributed by atoms with E-state index in [9.17, 15) is 9.59 Å². The maximum atomic E-state index is 11.6. The van der Waals surface area contributed by atoms with Gasteiger partial charge < -0.3 is 15.6 Å². The summed E-state index contributed by atoms with van der Waals surface area (Å²) in [5, 5.41) is 8.47. The van der Waals surface area contributed by atoms with E-state index < -0.39 is 5.97 Å². The molecule has 3 N–H and O–H groups in total. The average Bonchev–Trinajstić information content (AvgIpc) is 2.26. The zero-order valence-electron chi connectivity index (χ0n) is 8.90. The zero-order valence-corrected chi connectivity index (χ0v) is 8.90. The Balaban J connectivity index is 2.85. The van der Waals surface area contributed by atoms with Crippen LogP contribution in [0.2, 0.25) is 0 Å². The number of aliphatic carboxylic acids is 1. The number of rotatable bonds is 5. The second-order valence-electron chi connectivity index (χ2n) is 3.27. The molecule has 0 aliphatic heterocycles. The first kappa shape index (κ1) is 12.0. The van der Waals surface area contributed by atoms with Gasteiger partial charge in [-0.25, -0.2) is 0 Å². The molecule has 1 aromatic carbocycles. The average molecular weight is 223 g/mol. The van der Waals surface area contributed by atoms with Crippen molar-refractivity contribution in [1.82, 2.24) is 0 Å². The molecule has 0 spiro atoms. The summed E-state index contributed by atoms with van der Waals surface area (Å²) < 4.78 is 4.96. The van der Waals surface area contributed by atoms with Crippen molar-refractivity contribution in [1.29, 1.82) is 0 Å². The standard InChI is InChI=1S/C11H13NO4/c1-16-7-2-3-9(12)8(6-7)10(13)4-5-11(14)15/h2-3,6H,4-5,12H2,1H3,(H,14,15). The first-order chi connectivity index (χ1) is 7.54. The van der Waals surface area contributed by atoms with Crippen molar-refractivity contribution in [2.75, 3.05) is 12.8 Å². The van der Waals surface area contributed by atoms with Gasteiger partial charge in [0, 0.05) is 17.7 Å². The van der Waals surface area contributed by atoms with E-state index in [0.29, 0.717) is 17.0 Å². The van der Waals surface area contributed by atoms with E-state index in [4.69, 9.17) is 15.6 Å². The zero-order chi connectivity index (χ0) is 12.1. The Morgan fingerprint density at radius 3 is 2.62 bits per heavy atom. The Hall–Kier alpha value is -2.04. The van der Waals surface area contributed by atoms with Crippen molar-refractivity contribution in [3.63, 3.8) is 0 Å². The van der Waals surface area contributed by atoms with Crippen LogP contribution in [-0.2, 0) is 4.79 Å². The number of carbonyl (C=O) groups is 2. The first-order valence-corrected chi connectivity index (χ1v) is 4.73. The van der Waals surface area contributed by atoms with Gasteiger partial charge in [-0.15, -0.1) is 0 Å². The van der Waals surface area contributed by atoms with Crippen LogP contribution in [0.5, 0.6) is 5.75 Å². The third kappa shape index (κ3) is 2.98.